The number of carbonyl (C=O) groups excluding carboxylic acids is 2. The largest absolute Gasteiger partial charge is 0.508 e. The first kappa shape index (κ1) is 24.4. The van der Waals surface area contributed by atoms with Gasteiger partial charge in [0, 0.05) is 17.2 Å². The summed E-state index contributed by atoms with van der Waals surface area (Å²) in [5.41, 5.74) is -3.46. The molecule has 0 aliphatic heterocycles. The predicted molar refractivity (Wildman–Crippen MR) is 137 cm³/mol. The van der Waals surface area contributed by atoms with Crippen molar-refractivity contribution in [1.29, 1.82) is 0 Å². The molecule has 3 N–H and O–H groups in total. The van der Waals surface area contributed by atoms with Crippen LogP contribution in [0.25, 0.3) is 44.0 Å². The lowest BCUT2D eigenvalue weighted by atomic mass is 9.88. The summed E-state index contributed by atoms with van der Waals surface area (Å²) in [6, 6.07) is 6.30. The maximum atomic E-state index is 13.7. The van der Waals surface area contributed by atoms with Crippen molar-refractivity contribution in [2.75, 3.05) is 0 Å². The number of ketones is 2. The molecule has 0 radical (unpaired) electrons. The molecule has 2 aromatic heterocycles. The number of carbonyl (C=O) groups is 3. The zero-order valence-corrected chi connectivity index (χ0v) is 20.2. The van der Waals surface area contributed by atoms with Crippen molar-refractivity contribution in [2.24, 2.45) is 0 Å². The van der Waals surface area contributed by atoms with Crippen molar-refractivity contribution in [1.82, 2.24) is 0 Å². The average molecular weight is 514 g/mol. The fraction of sp³-hybridized carbons (Fsp3) is 0.107. The molecular formula is C28H18O10. The molecule has 10 nitrogen and oxygen atoms in total. The van der Waals surface area contributed by atoms with Gasteiger partial charge in [-0.05, 0) is 50.6 Å². The van der Waals surface area contributed by atoms with Crippen molar-refractivity contribution in [3.63, 3.8) is 0 Å². The molecule has 38 heavy (non-hydrogen) atoms. The molecule has 190 valence electrons. The lowest BCUT2D eigenvalue weighted by Crippen LogP contribution is -2.16. The summed E-state index contributed by atoms with van der Waals surface area (Å²) < 4.78 is 11.4. The van der Waals surface area contributed by atoms with Gasteiger partial charge in [0.2, 0.25) is 10.9 Å². The van der Waals surface area contributed by atoms with Gasteiger partial charge in [-0.1, -0.05) is 0 Å². The Bertz CT molecular complexity index is 2020. The minimum Gasteiger partial charge on any atom is -0.508 e. The van der Waals surface area contributed by atoms with Gasteiger partial charge in [-0.2, -0.15) is 0 Å². The summed E-state index contributed by atoms with van der Waals surface area (Å²) in [7, 11) is 0. The predicted octanol–water partition coefficient (Wildman–Crippen LogP) is 4.54. The van der Waals surface area contributed by atoms with E-state index in [4.69, 9.17) is 8.83 Å². The van der Waals surface area contributed by atoms with E-state index in [0.29, 0.717) is 0 Å². The second-order valence-corrected chi connectivity index (χ2v) is 8.85. The molecule has 0 amide bonds. The second kappa shape index (κ2) is 8.41. The summed E-state index contributed by atoms with van der Waals surface area (Å²) in [4.78, 5) is 64.8. The third-order valence-electron chi connectivity index (χ3n) is 6.39. The van der Waals surface area contributed by atoms with Crippen LogP contribution in [0.2, 0.25) is 0 Å². The Kier molecular flexibility index (Phi) is 5.41. The van der Waals surface area contributed by atoms with E-state index in [0.717, 1.165) is 13.2 Å². The fourth-order valence-corrected chi connectivity index (χ4v) is 4.66. The molecule has 0 fully saturated rings. The summed E-state index contributed by atoms with van der Waals surface area (Å²) in [5, 5.41) is 29.5. The molecule has 5 rings (SSSR count). The minimum atomic E-state index is -1.59. The van der Waals surface area contributed by atoms with Gasteiger partial charge in [0.05, 0.1) is 27.3 Å². The molecule has 10 heteroatoms. The van der Waals surface area contributed by atoms with E-state index >= 15 is 0 Å². The third kappa shape index (κ3) is 3.46. The normalized spacial score (nSPS) is 11.3. The molecule has 0 atom stereocenters. The number of Topliss-reactive ketones (excluding diaryl/α,β-unsaturated/α-hetero) is 2. The molecule has 2 heterocycles. The Morgan fingerprint density at radius 2 is 1.55 bits per heavy atom. The van der Waals surface area contributed by atoms with Crippen LogP contribution in [0.5, 0.6) is 11.5 Å². The number of phenolic OH excluding ortho intramolecular Hbond substituents is 1. The first-order valence-electron chi connectivity index (χ1n) is 11.2. The van der Waals surface area contributed by atoms with E-state index < -0.39 is 45.1 Å². The number of fused-ring (bicyclic) bond motifs is 3. The zero-order chi connectivity index (χ0) is 27.6. The first-order valence-corrected chi connectivity index (χ1v) is 11.2. The first-order chi connectivity index (χ1) is 17.9. The van der Waals surface area contributed by atoms with Gasteiger partial charge in [0.15, 0.2) is 11.6 Å². The van der Waals surface area contributed by atoms with Crippen LogP contribution in [0.15, 0.2) is 55.0 Å². The number of rotatable bonds is 4. The highest BCUT2D eigenvalue weighted by molar-refractivity contribution is 6.18. The van der Waals surface area contributed by atoms with Gasteiger partial charge in [0.25, 0.3) is 0 Å². The quantitative estimate of drug-likeness (QED) is 0.228. The molecule has 0 saturated heterocycles. The smallest absolute Gasteiger partial charge is 0.340 e. The topological polar surface area (TPSA) is 172 Å². The van der Waals surface area contributed by atoms with Crippen molar-refractivity contribution >= 4 is 50.4 Å². The Morgan fingerprint density at radius 1 is 0.842 bits per heavy atom. The number of carboxylic acid groups (broad SMARTS) is 1. The van der Waals surface area contributed by atoms with Crippen LogP contribution < -0.4 is 10.9 Å². The van der Waals surface area contributed by atoms with Crippen molar-refractivity contribution in [3.05, 3.63) is 79.3 Å². The molecule has 3 aromatic carbocycles. The number of aromatic carboxylic acids is 1. The van der Waals surface area contributed by atoms with E-state index in [2.05, 4.69) is 0 Å². The van der Waals surface area contributed by atoms with Crippen molar-refractivity contribution in [2.45, 2.75) is 20.8 Å². The fourth-order valence-electron chi connectivity index (χ4n) is 4.66. The Morgan fingerprint density at radius 3 is 2.18 bits per heavy atom. The van der Waals surface area contributed by atoms with Crippen molar-refractivity contribution in [3.8, 4) is 22.6 Å². The number of phenols is 2. The molecular weight excluding hydrogens is 496 g/mol. The summed E-state index contributed by atoms with van der Waals surface area (Å²) in [6.45, 7) is 3.76. The minimum absolute atomic E-state index is 0.0365. The van der Waals surface area contributed by atoms with Crippen LogP contribution in [0.3, 0.4) is 0 Å². The maximum Gasteiger partial charge on any atom is 0.340 e. The highest BCUT2D eigenvalue weighted by atomic mass is 16.4. The van der Waals surface area contributed by atoms with Gasteiger partial charge < -0.3 is 24.2 Å². The van der Waals surface area contributed by atoms with E-state index in [1.807, 2.05) is 0 Å². The molecule has 0 bridgehead atoms. The summed E-state index contributed by atoms with van der Waals surface area (Å²) in [6.07, 6.45) is 0.984. The van der Waals surface area contributed by atoms with Crippen LogP contribution in [-0.2, 0) is 0 Å². The third-order valence-corrected chi connectivity index (χ3v) is 6.39. The van der Waals surface area contributed by atoms with Crippen LogP contribution in [0.1, 0.15) is 50.5 Å². The van der Waals surface area contributed by atoms with E-state index in [9.17, 15) is 39.3 Å². The maximum absolute atomic E-state index is 13.7. The SMILES string of the molecule is CC(=O)c1cc2c(=O)c3ccc(O)cc3oc2c(C(C)=O)c1-c1coc2cc(C)c(O)c(C(=O)O)c2c1=O. The summed E-state index contributed by atoms with van der Waals surface area (Å²) in [5.74, 6) is -3.69. The molecule has 0 aliphatic rings. The number of hydrogen-bond donors (Lipinski definition) is 3. The lowest BCUT2D eigenvalue weighted by molar-refractivity contribution is 0.0695. The highest BCUT2D eigenvalue weighted by Gasteiger charge is 2.29. The van der Waals surface area contributed by atoms with Crippen LogP contribution in [0, 0.1) is 6.92 Å². The zero-order valence-electron chi connectivity index (χ0n) is 20.2. The standard InChI is InChI=1S/C28H18O10/c1-10-6-19-22(23(24(10)32)28(35)36)26(34)17(9-37-19)21-15(11(2)29)8-16-25(33)14-5-4-13(31)7-18(14)38-27(16)20(21)12(3)30/h4-9,31-32H,1-3H3,(H,35,36). The number of carboxylic acids is 1. The Balaban J connectivity index is 2.04. The molecule has 0 aliphatic carbocycles. The van der Waals surface area contributed by atoms with Crippen molar-refractivity contribution < 1.29 is 38.5 Å². The van der Waals surface area contributed by atoms with Gasteiger partial charge in [-0.3, -0.25) is 19.2 Å². The van der Waals surface area contributed by atoms with E-state index in [-0.39, 0.29) is 61.1 Å². The van der Waals surface area contributed by atoms with Gasteiger partial charge in [-0.25, -0.2) is 4.79 Å². The van der Waals surface area contributed by atoms with Gasteiger partial charge in [-0.15, -0.1) is 0 Å². The lowest BCUT2D eigenvalue weighted by Gasteiger charge is -2.15. The average Bonchev–Trinajstić information content (AvgIpc) is 2.84. The monoisotopic (exact) mass is 514 g/mol. The second-order valence-electron chi connectivity index (χ2n) is 8.85. The highest BCUT2D eigenvalue weighted by Crippen LogP contribution is 2.37. The Labute approximate surface area is 212 Å². The molecule has 0 saturated carbocycles. The van der Waals surface area contributed by atoms with E-state index in [1.165, 1.54) is 44.2 Å². The number of benzene rings is 3. The van der Waals surface area contributed by atoms with Crippen LogP contribution >= 0.6 is 0 Å². The van der Waals surface area contributed by atoms with Crippen LogP contribution in [0.4, 0.5) is 0 Å². The van der Waals surface area contributed by atoms with E-state index in [1.54, 1.807) is 0 Å². The number of hydrogen-bond acceptors (Lipinski definition) is 9. The molecule has 5 aromatic rings. The summed E-state index contributed by atoms with van der Waals surface area (Å²) >= 11 is 0. The molecule has 0 unspecified atom stereocenters. The van der Waals surface area contributed by atoms with Crippen LogP contribution in [-0.4, -0.2) is 32.9 Å². The molecule has 0 spiro atoms. The number of aromatic hydroxyl groups is 2. The van der Waals surface area contributed by atoms with Gasteiger partial charge >= 0.3 is 5.97 Å². The Hall–Kier alpha value is -5.25. The van der Waals surface area contributed by atoms with Gasteiger partial charge in [0.1, 0.15) is 40.1 Å². The number of aryl methyl sites for hydroxylation is 1.